The van der Waals surface area contributed by atoms with Crippen LogP contribution in [0.1, 0.15) is 12.5 Å². The lowest BCUT2D eigenvalue weighted by atomic mass is 9.98. The molecule has 0 bridgehead atoms. The summed E-state index contributed by atoms with van der Waals surface area (Å²) in [6, 6.07) is 9.73. The van der Waals surface area contributed by atoms with Gasteiger partial charge in [-0.05, 0) is 12.0 Å². The summed E-state index contributed by atoms with van der Waals surface area (Å²) in [6.07, 6.45) is 0.459. The molecule has 0 aromatic heterocycles. The maximum absolute atomic E-state index is 11.9. The van der Waals surface area contributed by atoms with Crippen LogP contribution >= 0.6 is 7.60 Å². The Morgan fingerprint density at radius 3 is 2.28 bits per heavy atom. The van der Waals surface area contributed by atoms with E-state index < -0.39 is 7.60 Å². The molecular weight excluding hydrogens is 251 g/mol. The Kier molecular flexibility index (Phi) is 5.73. The second-order valence-corrected chi connectivity index (χ2v) is 6.46. The van der Waals surface area contributed by atoms with Crippen LogP contribution in [0.3, 0.4) is 0 Å². The zero-order valence-electron chi connectivity index (χ0n) is 11.0. The van der Waals surface area contributed by atoms with E-state index in [-0.39, 0.29) is 17.9 Å². The Morgan fingerprint density at radius 1 is 1.22 bits per heavy atom. The molecule has 0 fully saturated rings. The minimum Gasteiger partial charge on any atom is -0.312 e. The van der Waals surface area contributed by atoms with Gasteiger partial charge in [-0.25, -0.2) is 0 Å². The van der Waals surface area contributed by atoms with Crippen LogP contribution in [-0.2, 0) is 24.8 Å². The van der Waals surface area contributed by atoms with E-state index in [9.17, 15) is 9.36 Å². The Balaban J connectivity index is 2.60. The van der Waals surface area contributed by atoms with Gasteiger partial charge in [0, 0.05) is 20.1 Å². The maximum atomic E-state index is 11.9. The Hall–Kier alpha value is -0.960. The van der Waals surface area contributed by atoms with Crippen molar-refractivity contribution >= 4 is 13.4 Å². The van der Waals surface area contributed by atoms with Crippen LogP contribution in [-0.4, -0.2) is 26.2 Å². The zero-order chi connectivity index (χ0) is 13.6. The van der Waals surface area contributed by atoms with Crippen molar-refractivity contribution in [3.8, 4) is 0 Å². The SMILES string of the molecule is COP(=O)(CC(=O)[C@@H](C)Cc1ccccc1)OC. The van der Waals surface area contributed by atoms with E-state index in [0.29, 0.717) is 6.42 Å². The van der Waals surface area contributed by atoms with Crippen molar-refractivity contribution in [2.75, 3.05) is 20.4 Å². The van der Waals surface area contributed by atoms with Gasteiger partial charge in [-0.3, -0.25) is 9.36 Å². The van der Waals surface area contributed by atoms with Gasteiger partial charge >= 0.3 is 7.60 Å². The van der Waals surface area contributed by atoms with Crippen LogP contribution in [0.2, 0.25) is 0 Å². The van der Waals surface area contributed by atoms with E-state index in [1.807, 2.05) is 37.3 Å². The quantitative estimate of drug-likeness (QED) is 0.715. The predicted molar refractivity (Wildman–Crippen MR) is 70.8 cm³/mol. The molecule has 0 radical (unpaired) electrons. The summed E-state index contributed by atoms with van der Waals surface area (Å²) in [4.78, 5) is 11.9. The van der Waals surface area contributed by atoms with E-state index in [0.717, 1.165) is 5.56 Å². The van der Waals surface area contributed by atoms with Gasteiger partial charge in [-0.1, -0.05) is 37.3 Å². The zero-order valence-corrected chi connectivity index (χ0v) is 11.9. The number of carbonyl (C=O) groups excluding carboxylic acids is 1. The van der Waals surface area contributed by atoms with E-state index in [4.69, 9.17) is 9.05 Å². The Labute approximate surface area is 108 Å². The highest BCUT2D eigenvalue weighted by Gasteiger charge is 2.28. The summed E-state index contributed by atoms with van der Waals surface area (Å²) < 4.78 is 21.4. The number of hydrogen-bond acceptors (Lipinski definition) is 4. The molecule has 1 atom stereocenters. The van der Waals surface area contributed by atoms with Crippen LogP contribution in [0.4, 0.5) is 0 Å². The summed E-state index contributed by atoms with van der Waals surface area (Å²) in [7, 11) is -0.663. The van der Waals surface area contributed by atoms with Gasteiger partial charge in [0.1, 0.15) is 11.9 Å². The minimum absolute atomic E-state index is 0.106. The second-order valence-electron chi connectivity index (χ2n) is 4.19. The molecule has 1 rings (SSSR count). The number of rotatable bonds is 7. The molecule has 0 saturated heterocycles. The fourth-order valence-corrected chi connectivity index (χ4v) is 2.73. The maximum Gasteiger partial charge on any atom is 0.337 e. The number of hydrogen-bond donors (Lipinski definition) is 0. The lowest BCUT2D eigenvalue weighted by Gasteiger charge is -2.15. The average molecular weight is 270 g/mol. The molecule has 0 amide bonds. The second kappa shape index (κ2) is 6.83. The third kappa shape index (κ3) is 4.37. The van der Waals surface area contributed by atoms with E-state index in [2.05, 4.69) is 0 Å². The van der Waals surface area contributed by atoms with Gasteiger partial charge in [0.15, 0.2) is 0 Å². The van der Waals surface area contributed by atoms with Crippen molar-refractivity contribution in [1.29, 1.82) is 0 Å². The third-order valence-corrected chi connectivity index (χ3v) is 4.65. The minimum atomic E-state index is -3.25. The molecular formula is C13H19O4P. The van der Waals surface area contributed by atoms with Crippen molar-refractivity contribution in [2.45, 2.75) is 13.3 Å². The van der Waals surface area contributed by atoms with Crippen molar-refractivity contribution in [1.82, 2.24) is 0 Å². The molecule has 100 valence electrons. The lowest BCUT2D eigenvalue weighted by molar-refractivity contribution is -0.120. The van der Waals surface area contributed by atoms with Crippen molar-refractivity contribution < 1.29 is 18.4 Å². The first-order chi connectivity index (χ1) is 8.50. The first-order valence-corrected chi connectivity index (χ1v) is 7.50. The highest BCUT2D eigenvalue weighted by Crippen LogP contribution is 2.46. The fourth-order valence-electron chi connectivity index (χ4n) is 1.63. The number of carbonyl (C=O) groups is 1. The molecule has 0 spiro atoms. The molecule has 0 unspecified atom stereocenters. The molecule has 0 aliphatic rings. The summed E-state index contributed by atoms with van der Waals surface area (Å²) in [5.41, 5.74) is 1.09. The monoisotopic (exact) mass is 270 g/mol. The van der Waals surface area contributed by atoms with Gasteiger partial charge < -0.3 is 9.05 Å². The molecule has 0 aliphatic carbocycles. The molecule has 4 nitrogen and oxygen atoms in total. The molecule has 0 heterocycles. The van der Waals surface area contributed by atoms with Gasteiger partial charge in [0.05, 0.1) is 0 Å². The normalized spacial score (nSPS) is 13.3. The predicted octanol–water partition coefficient (Wildman–Crippen LogP) is 2.92. The standard InChI is InChI=1S/C13H19O4P/c1-11(9-12-7-5-4-6-8-12)13(14)10-18(15,16-2)17-3/h4-8,11H,9-10H2,1-3H3/t11-/m0/s1. The Bertz CT molecular complexity index is 422. The van der Waals surface area contributed by atoms with Crippen LogP contribution in [0.15, 0.2) is 30.3 Å². The highest BCUT2D eigenvalue weighted by molar-refractivity contribution is 7.54. The number of ketones is 1. The smallest absolute Gasteiger partial charge is 0.312 e. The van der Waals surface area contributed by atoms with Crippen molar-refractivity contribution in [2.24, 2.45) is 5.92 Å². The van der Waals surface area contributed by atoms with Gasteiger partial charge in [-0.15, -0.1) is 0 Å². The molecule has 18 heavy (non-hydrogen) atoms. The van der Waals surface area contributed by atoms with Gasteiger partial charge in [-0.2, -0.15) is 0 Å². The summed E-state index contributed by atoms with van der Waals surface area (Å²) in [6.45, 7) is 1.82. The number of benzene rings is 1. The Morgan fingerprint density at radius 2 is 1.78 bits per heavy atom. The molecule has 5 heteroatoms. The first-order valence-electron chi connectivity index (χ1n) is 5.78. The summed E-state index contributed by atoms with van der Waals surface area (Å²) >= 11 is 0. The largest absolute Gasteiger partial charge is 0.337 e. The molecule has 1 aromatic carbocycles. The molecule has 1 aromatic rings. The van der Waals surface area contributed by atoms with Crippen LogP contribution < -0.4 is 0 Å². The van der Waals surface area contributed by atoms with Crippen LogP contribution in [0.25, 0.3) is 0 Å². The molecule has 0 aliphatic heterocycles. The van der Waals surface area contributed by atoms with Crippen molar-refractivity contribution in [3.63, 3.8) is 0 Å². The van der Waals surface area contributed by atoms with Gasteiger partial charge in [0.2, 0.25) is 0 Å². The van der Waals surface area contributed by atoms with Crippen LogP contribution in [0.5, 0.6) is 0 Å². The highest BCUT2D eigenvalue weighted by atomic mass is 31.2. The third-order valence-electron chi connectivity index (χ3n) is 2.84. The lowest BCUT2D eigenvalue weighted by Crippen LogP contribution is -2.18. The summed E-state index contributed by atoms with van der Waals surface area (Å²) in [5.74, 6) is -0.308. The molecule has 0 N–H and O–H groups in total. The first kappa shape index (κ1) is 15.1. The van der Waals surface area contributed by atoms with E-state index in [1.165, 1.54) is 14.2 Å². The summed E-state index contributed by atoms with van der Waals surface area (Å²) in [5, 5.41) is 0. The topological polar surface area (TPSA) is 52.6 Å². The van der Waals surface area contributed by atoms with E-state index >= 15 is 0 Å². The fraction of sp³-hybridized carbons (Fsp3) is 0.462. The molecule has 0 saturated carbocycles. The van der Waals surface area contributed by atoms with Gasteiger partial charge in [0.25, 0.3) is 0 Å². The van der Waals surface area contributed by atoms with E-state index in [1.54, 1.807) is 0 Å². The average Bonchev–Trinajstić information content (AvgIpc) is 2.39. The van der Waals surface area contributed by atoms with Crippen molar-refractivity contribution in [3.05, 3.63) is 35.9 Å². The number of Topliss-reactive ketones (excluding diaryl/α,β-unsaturated/α-hetero) is 1. The van der Waals surface area contributed by atoms with Crippen LogP contribution in [0, 0.1) is 5.92 Å².